The predicted molar refractivity (Wildman–Crippen MR) is 81.4 cm³/mol. The number of carbonyl (C=O) groups excluding carboxylic acids is 3. The highest BCUT2D eigenvalue weighted by Crippen LogP contribution is 2.29. The molecular formula is C17H14N2O3. The lowest BCUT2D eigenvalue weighted by molar-refractivity contribution is -0.134. The minimum absolute atomic E-state index is 0.385. The van der Waals surface area contributed by atoms with Crippen LogP contribution in [-0.4, -0.2) is 29.7 Å². The molecule has 0 aliphatic carbocycles. The van der Waals surface area contributed by atoms with Crippen LogP contribution in [-0.2, 0) is 9.59 Å². The predicted octanol–water partition coefficient (Wildman–Crippen LogP) is 2.02. The third kappa shape index (κ3) is 2.26. The summed E-state index contributed by atoms with van der Waals surface area (Å²) in [6.45, 7) is 0. The van der Waals surface area contributed by atoms with Gasteiger partial charge < -0.3 is 5.32 Å². The van der Waals surface area contributed by atoms with Crippen molar-refractivity contribution in [2.75, 3.05) is 12.4 Å². The largest absolute Gasteiger partial charge is 0.325 e. The molecule has 2 aromatic rings. The minimum Gasteiger partial charge on any atom is -0.325 e. The van der Waals surface area contributed by atoms with Gasteiger partial charge in [-0.15, -0.1) is 0 Å². The lowest BCUT2D eigenvalue weighted by Crippen LogP contribution is -2.46. The number of anilines is 1. The molecule has 1 aliphatic rings. The van der Waals surface area contributed by atoms with E-state index >= 15 is 0 Å². The van der Waals surface area contributed by atoms with E-state index in [1.807, 2.05) is 6.07 Å². The molecule has 1 heterocycles. The van der Waals surface area contributed by atoms with Crippen molar-refractivity contribution >= 4 is 23.4 Å². The maximum atomic E-state index is 12.5. The van der Waals surface area contributed by atoms with Crippen molar-refractivity contribution in [2.24, 2.45) is 0 Å². The van der Waals surface area contributed by atoms with E-state index in [4.69, 9.17) is 0 Å². The molecule has 5 heteroatoms. The van der Waals surface area contributed by atoms with Gasteiger partial charge in [-0.1, -0.05) is 36.4 Å². The fourth-order valence-corrected chi connectivity index (χ4v) is 2.54. The van der Waals surface area contributed by atoms with Crippen LogP contribution < -0.4 is 5.32 Å². The summed E-state index contributed by atoms with van der Waals surface area (Å²) in [5.74, 6) is -2.36. The summed E-state index contributed by atoms with van der Waals surface area (Å²) in [6.07, 6.45) is 0. The Labute approximate surface area is 127 Å². The normalized spacial score (nSPS) is 17.1. The third-order valence-electron chi connectivity index (χ3n) is 3.69. The van der Waals surface area contributed by atoms with Gasteiger partial charge in [-0.05, 0) is 23.8 Å². The van der Waals surface area contributed by atoms with Crippen LogP contribution in [0.2, 0.25) is 0 Å². The summed E-state index contributed by atoms with van der Waals surface area (Å²) < 4.78 is 0. The molecule has 3 rings (SSSR count). The van der Waals surface area contributed by atoms with E-state index in [9.17, 15) is 14.4 Å². The SMILES string of the molecule is CN1C(=O)c2ccccc2C(C(=O)Nc2ccccc2)C1=O. The fraction of sp³-hybridized carbons (Fsp3) is 0.118. The van der Waals surface area contributed by atoms with Crippen LogP contribution >= 0.6 is 0 Å². The Morgan fingerprint density at radius 3 is 2.36 bits per heavy atom. The molecule has 1 N–H and O–H groups in total. The molecular weight excluding hydrogens is 280 g/mol. The second-order valence-corrected chi connectivity index (χ2v) is 5.08. The van der Waals surface area contributed by atoms with Crippen molar-refractivity contribution in [3.8, 4) is 0 Å². The van der Waals surface area contributed by atoms with E-state index < -0.39 is 17.7 Å². The Kier molecular flexibility index (Phi) is 3.47. The standard InChI is InChI=1S/C17H14N2O3/c1-19-16(21)13-10-6-5-9-12(13)14(17(19)22)15(20)18-11-7-3-2-4-8-11/h2-10,14H,1H3,(H,18,20). The number of hydrogen-bond acceptors (Lipinski definition) is 3. The minimum atomic E-state index is -1.01. The fourth-order valence-electron chi connectivity index (χ4n) is 2.54. The quantitative estimate of drug-likeness (QED) is 0.680. The highest BCUT2D eigenvalue weighted by atomic mass is 16.2. The van der Waals surface area contributed by atoms with Gasteiger partial charge in [-0.25, -0.2) is 0 Å². The number of hydrogen-bond donors (Lipinski definition) is 1. The second-order valence-electron chi connectivity index (χ2n) is 5.08. The van der Waals surface area contributed by atoms with Crippen molar-refractivity contribution in [1.29, 1.82) is 0 Å². The van der Waals surface area contributed by atoms with Gasteiger partial charge in [0.1, 0.15) is 5.92 Å². The zero-order valence-electron chi connectivity index (χ0n) is 11.9. The Morgan fingerprint density at radius 1 is 1.00 bits per heavy atom. The lowest BCUT2D eigenvalue weighted by atomic mass is 9.88. The Hall–Kier alpha value is -2.95. The zero-order valence-corrected chi connectivity index (χ0v) is 11.9. The molecule has 5 nitrogen and oxygen atoms in total. The molecule has 0 bridgehead atoms. The third-order valence-corrected chi connectivity index (χ3v) is 3.69. The number of rotatable bonds is 2. The van der Waals surface area contributed by atoms with Crippen LogP contribution in [0.15, 0.2) is 54.6 Å². The van der Waals surface area contributed by atoms with Gasteiger partial charge in [0.15, 0.2) is 0 Å². The number of fused-ring (bicyclic) bond motifs is 1. The topological polar surface area (TPSA) is 66.5 Å². The molecule has 22 heavy (non-hydrogen) atoms. The van der Waals surface area contributed by atoms with E-state index in [0.717, 1.165) is 4.90 Å². The van der Waals surface area contributed by atoms with E-state index in [1.54, 1.807) is 48.5 Å². The molecule has 1 aliphatic heterocycles. The molecule has 3 amide bonds. The molecule has 0 radical (unpaired) electrons. The number of nitrogens with one attached hydrogen (secondary N) is 1. The van der Waals surface area contributed by atoms with Gasteiger partial charge in [0, 0.05) is 18.3 Å². The van der Waals surface area contributed by atoms with Crippen LogP contribution in [0.5, 0.6) is 0 Å². The van der Waals surface area contributed by atoms with Gasteiger partial charge in [-0.2, -0.15) is 0 Å². The number of amides is 3. The first-order chi connectivity index (χ1) is 10.6. The molecule has 1 unspecified atom stereocenters. The summed E-state index contributed by atoms with van der Waals surface area (Å²) in [6, 6.07) is 15.6. The first-order valence-electron chi connectivity index (χ1n) is 6.86. The highest BCUT2D eigenvalue weighted by Gasteiger charge is 2.40. The van der Waals surface area contributed by atoms with Crippen LogP contribution in [0.1, 0.15) is 21.8 Å². The Bertz CT molecular complexity index is 756. The average molecular weight is 294 g/mol. The van der Waals surface area contributed by atoms with Crippen LogP contribution in [0.25, 0.3) is 0 Å². The van der Waals surface area contributed by atoms with E-state index in [0.29, 0.717) is 16.8 Å². The summed E-state index contributed by atoms with van der Waals surface area (Å²) in [4.78, 5) is 38.0. The zero-order chi connectivity index (χ0) is 15.7. The summed E-state index contributed by atoms with van der Waals surface area (Å²) in [5.41, 5.74) is 1.44. The van der Waals surface area contributed by atoms with Crippen LogP contribution in [0, 0.1) is 0 Å². The van der Waals surface area contributed by atoms with Gasteiger partial charge in [-0.3, -0.25) is 19.3 Å². The van der Waals surface area contributed by atoms with Crippen LogP contribution in [0.3, 0.4) is 0 Å². The first-order valence-corrected chi connectivity index (χ1v) is 6.86. The maximum absolute atomic E-state index is 12.5. The van der Waals surface area contributed by atoms with E-state index in [1.165, 1.54) is 7.05 Å². The van der Waals surface area contributed by atoms with Crippen molar-refractivity contribution < 1.29 is 14.4 Å². The number of benzene rings is 2. The smallest absolute Gasteiger partial charge is 0.260 e. The van der Waals surface area contributed by atoms with Crippen molar-refractivity contribution in [2.45, 2.75) is 5.92 Å². The lowest BCUT2D eigenvalue weighted by Gasteiger charge is -2.29. The van der Waals surface area contributed by atoms with Gasteiger partial charge in [0.25, 0.3) is 5.91 Å². The summed E-state index contributed by atoms with van der Waals surface area (Å²) in [5, 5.41) is 2.72. The second kappa shape index (κ2) is 5.44. The number of carbonyl (C=O) groups is 3. The average Bonchev–Trinajstić information content (AvgIpc) is 2.54. The van der Waals surface area contributed by atoms with Crippen molar-refractivity contribution in [3.05, 3.63) is 65.7 Å². The number of para-hydroxylation sites is 1. The summed E-state index contributed by atoms with van der Waals surface area (Å²) in [7, 11) is 1.39. The maximum Gasteiger partial charge on any atom is 0.260 e. The summed E-state index contributed by atoms with van der Waals surface area (Å²) >= 11 is 0. The molecule has 0 fully saturated rings. The van der Waals surface area contributed by atoms with E-state index in [-0.39, 0.29) is 5.91 Å². The molecule has 1 atom stereocenters. The Morgan fingerprint density at radius 2 is 1.64 bits per heavy atom. The molecule has 0 spiro atoms. The van der Waals surface area contributed by atoms with Gasteiger partial charge >= 0.3 is 0 Å². The number of nitrogens with zero attached hydrogens (tertiary/aromatic N) is 1. The molecule has 0 saturated carbocycles. The van der Waals surface area contributed by atoms with Gasteiger partial charge in [0.2, 0.25) is 11.8 Å². The van der Waals surface area contributed by atoms with E-state index in [2.05, 4.69) is 5.32 Å². The van der Waals surface area contributed by atoms with Crippen LogP contribution in [0.4, 0.5) is 5.69 Å². The Balaban J connectivity index is 1.98. The first kappa shape index (κ1) is 14.0. The van der Waals surface area contributed by atoms with Crippen molar-refractivity contribution in [1.82, 2.24) is 4.90 Å². The number of imide groups is 1. The molecule has 110 valence electrons. The van der Waals surface area contributed by atoms with Crippen molar-refractivity contribution in [3.63, 3.8) is 0 Å². The highest BCUT2D eigenvalue weighted by molar-refractivity contribution is 6.20. The van der Waals surface area contributed by atoms with Gasteiger partial charge in [0.05, 0.1) is 0 Å². The monoisotopic (exact) mass is 294 g/mol. The molecule has 0 aromatic heterocycles. The molecule has 2 aromatic carbocycles. The number of likely N-dealkylation sites (N-methyl/N-ethyl adjacent to an activating group) is 1. The molecule has 0 saturated heterocycles.